The molecule has 138 valence electrons. The number of pyridine rings is 1. The van der Waals surface area contributed by atoms with E-state index in [-0.39, 0.29) is 11.8 Å². The molecule has 2 aromatic heterocycles. The number of amides is 1. The number of nitrogens with one attached hydrogen (secondary N) is 1. The summed E-state index contributed by atoms with van der Waals surface area (Å²) in [5, 5.41) is 2.82. The van der Waals surface area contributed by atoms with Crippen LogP contribution in [0.1, 0.15) is 6.42 Å². The molecule has 0 saturated carbocycles. The van der Waals surface area contributed by atoms with E-state index in [1.807, 2.05) is 44.4 Å². The van der Waals surface area contributed by atoms with Gasteiger partial charge in [-0.05, 0) is 18.2 Å². The van der Waals surface area contributed by atoms with E-state index in [1.54, 1.807) is 12.4 Å². The Bertz CT molecular complexity index is 972. The SMILES string of the molecule is CN(C)c1ccc(-c2cc3nccnc3c(OCC3CNC(=O)C3)n2)cc1. The second kappa shape index (κ2) is 7.19. The molecule has 3 aromatic rings. The van der Waals surface area contributed by atoms with E-state index in [1.165, 1.54) is 0 Å². The summed E-state index contributed by atoms with van der Waals surface area (Å²) in [6.07, 6.45) is 3.77. The van der Waals surface area contributed by atoms with Crippen molar-refractivity contribution in [1.29, 1.82) is 0 Å². The fourth-order valence-corrected chi connectivity index (χ4v) is 3.10. The van der Waals surface area contributed by atoms with E-state index in [9.17, 15) is 4.79 Å². The minimum atomic E-state index is 0.0657. The number of hydrogen-bond donors (Lipinski definition) is 1. The third-order valence-electron chi connectivity index (χ3n) is 4.62. The first-order chi connectivity index (χ1) is 13.1. The zero-order valence-corrected chi connectivity index (χ0v) is 15.3. The number of carbonyl (C=O) groups excluding carboxylic acids is 1. The van der Waals surface area contributed by atoms with Crippen molar-refractivity contribution in [3.8, 4) is 17.1 Å². The molecule has 1 atom stereocenters. The second-order valence-corrected chi connectivity index (χ2v) is 6.86. The largest absolute Gasteiger partial charge is 0.476 e. The lowest BCUT2D eigenvalue weighted by atomic mass is 10.1. The molecule has 1 N–H and O–H groups in total. The van der Waals surface area contributed by atoms with Crippen LogP contribution in [-0.4, -0.2) is 48.1 Å². The van der Waals surface area contributed by atoms with Crippen molar-refractivity contribution in [1.82, 2.24) is 20.3 Å². The molecule has 0 aliphatic carbocycles. The minimum Gasteiger partial charge on any atom is -0.476 e. The standard InChI is InChI=1S/C20H21N5O2/c1-25(2)15-5-3-14(4-6-15)16-10-17-19(22-8-7-21-17)20(24-16)27-12-13-9-18(26)23-11-13/h3-8,10,13H,9,11-12H2,1-2H3,(H,23,26). The average Bonchev–Trinajstić information content (AvgIpc) is 3.11. The normalized spacial score (nSPS) is 16.4. The predicted molar refractivity (Wildman–Crippen MR) is 104 cm³/mol. The van der Waals surface area contributed by atoms with Crippen LogP contribution in [0.15, 0.2) is 42.7 Å². The lowest BCUT2D eigenvalue weighted by Gasteiger charge is -2.14. The van der Waals surface area contributed by atoms with Gasteiger partial charge in [-0.2, -0.15) is 0 Å². The molecule has 1 aliphatic rings. The van der Waals surface area contributed by atoms with Crippen molar-refractivity contribution in [2.24, 2.45) is 5.92 Å². The van der Waals surface area contributed by atoms with Gasteiger partial charge in [-0.15, -0.1) is 0 Å². The molecule has 1 aromatic carbocycles. The number of ether oxygens (including phenoxy) is 1. The zero-order chi connectivity index (χ0) is 18.8. The van der Waals surface area contributed by atoms with Crippen molar-refractivity contribution in [2.75, 3.05) is 32.1 Å². The van der Waals surface area contributed by atoms with E-state index in [0.29, 0.717) is 31.0 Å². The van der Waals surface area contributed by atoms with Crippen LogP contribution in [0.25, 0.3) is 22.3 Å². The Hall–Kier alpha value is -3.22. The average molecular weight is 363 g/mol. The molecule has 27 heavy (non-hydrogen) atoms. The fraction of sp³-hybridized carbons (Fsp3) is 0.300. The molecule has 0 bridgehead atoms. The monoisotopic (exact) mass is 363 g/mol. The Morgan fingerprint density at radius 1 is 1.19 bits per heavy atom. The third kappa shape index (κ3) is 3.67. The number of hydrogen-bond acceptors (Lipinski definition) is 6. The first-order valence-electron chi connectivity index (χ1n) is 8.89. The number of aromatic nitrogens is 3. The molecular formula is C20H21N5O2. The van der Waals surface area contributed by atoms with Gasteiger partial charge in [0.15, 0.2) is 5.52 Å². The molecule has 3 heterocycles. The topological polar surface area (TPSA) is 80.2 Å². The molecule has 1 aliphatic heterocycles. The smallest absolute Gasteiger partial charge is 0.242 e. The molecule has 0 radical (unpaired) electrons. The first kappa shape index (κ1) is 17.2. The van der Waals surface area contributed by atoms with Gasteiger partial charge in [0.1, 0.15) is 0 Å². The lowest BCUT2D eigenvalue weighted by Crippen LogP contribution is -2.17. The minimum absolute atomic E-state index is 0.0657. The van der Waals surface area contributed by atoms with Crippen molar-refractivity contribution in [3.63, 3.8) is 0 Å². The van der Waals surface area contributed by atoms with Gasteiger partial charge < -0.3 is 15.0 Å². The highest BCUT2D eigenvalue weighted by molar-refractivity contribution is 5.83. The van der Waals surface area contributed by atoms with Crippen molar-refractivity contribution >= 4 is 22.6 Å². The Kier molecular flexibility index (Phi) is 4.58. The van der Waals surface area contributed by atoms with Gasteiger partial charge in [0, 0.05) is 56.6 Å². The molecule has 1 fully saturated rings. The van der Waals surface area contributed by atoms with Gasteiger partial charge in [0.2, 0.25) is 11.8 Å². The van der Waals surface area contributed by atoms with Crippen LogP contribution in [0.5, 0.6) is 5.88 Å². The molecule has 7 nitrogen and oxygen atoms in total. The highest BCUT2D eigenvalue weighted by Gasteiger charge is 2.23. The summed E-state index contributed by atoms with van der Waals surface area (Å²) >= 11 is 0. The molecular weight excluding hydrogens is 342 g/mol. The predicted octanol–water partition coefficient (Wildman–Crippen LogP) is 2.27. The van der Waals surface area contributed by atoms with Crippen molar-refractivity contribution < 1.29 is 9.53 Å². The number of rotatable bonds is 5. The van der Waals surface area contributed by atoms with Crippen LogP contribution in [0.4, 0.5) is 5.69 Å². The van der Waals surface area contributed by atoms with Gasteiger partial charge in [0.25, 0.3) is 0 Å². The van der Waals surface area contributed by atoms with Crippen LogP contribution in [0.2, 0.25) is 0 Å². The van der Waals surface area contributed by atoms with E-state index in [0.717, 1.165) is 22.5 Å². The first-order valence-corrected chi connectivity index (χ1v) is 8.89. The summed E-state index contributed by atoms with van der Waals surface area (Å²) in [5.74, 6) is 0.664. The van der Waals surface area contributed by atoms with Gasteiger partial charge >= 0.3 is 0 Å². The van der Waals surface area contributed by atoms with Crippen LogP contribution >= 0.6 is 0 Å². The molecule has 7 heteroatoms. The number of benzene rings is 1. The van der Waals surface area contributed by atoms with Gasteiger partial charge in [-0.1, -0.05) is 12.1 Å². The van der Waals surface area contributed by atoms with Crippen LogP contribution < -0.4 is 15.0 Å². The van der Waals surface area contributed by atoms with E-state index >= 15 is 0 Å². The number of anilines is 1. The van der Waals surface area contributed by atoms with E-state index < -0.39 is 0 Å². The van der Waals surface area contributed by atoms with Crippen molar-refractivity contribution in [3.05, 3.63) is 42.7 Å². The van der Waals surface area contributed by atoms with Gasteiger partial charge in [-0.25, -0.2) is 9.97 Å². The molecule has 1 amide bonds. The molecule has 1 saturated heterocycles. The Morgan fingerprint density at radius 3 is 2.67 bits per heavy atom. The number of fused-ring (bicyclic) bond motifs is 1. The highest BCUT2D eigenvalue weighted by atomic mass is 16.5. The van der Waals surface area contributed by atoms with E-state index in [2.05, 4.69) is 25.2 Å². The maximum atomic E-state index is 11.4. The lowest BCUT2D eigenvalue weighted by molar-refractivity contribution is -0.119. The maximum absolute atomic E-state index is 11.4. The van der Waals surface area contributed by atoms with Crippen LogP contribution in [0.3, 0.4) is 0 Å². The Morgan fingerprint density at radius 2 is 1.96 bits per heavy atom. The molecule has 0 spiro atoms. The summed E-state index contributed by atoms with van der Waals surface area (Å²) in [5.41, 5.74) is 4.24. The highest BCUT2D eigenvalue weighted by Crippen LogP contribution is 2.28. The summed E-state index contributed by atoms with van der Waals surface area (Å²) < 4.78 is 5.96. The quantitative estimate of drug-likeness (QED) is 0.749. The fourth-order valence-electron chi connectivity index (χ4n) is 3.10. The van der Waals surface area contributed by atoms with Crippen molar-refractivity contribution in [2.45, 2.75) is 6.42 Å². The summed E-state index contributed by atoms with van der Waals surface area (Å²) in [7, 11) is 4.01. The van der Waals surface area contributed by atoms with Crippen LogP contribution in [0, 0.1) is 5.92 Å². The van der Waals surface area contributed by atoms with Crippen LogP contribution in [-0.2, 0) is 4.79 Å². The second-order valence-electron chi connectivity index (χ2n) is 6.86. The molecule has 4 rings (SSSR count). The third-order valence-corrected chi connectivity index (χ3v) is 4.62. The number of carbonyl (C=O) groups is 1. The summed E-state index contributed by atoms with van der Waals surface area (Å²) in [4.78, 5) is 26.9. The van der Waals surface area contributed by atoms with E-state index in [4.69, 9.17) is 4.74 Å². The Labute approximate surface area is 157 Å². The van der Waals surface area contributed by atoms with Gasteiger partial charge in [0.05, 0.1) is 17.8 Å². The Balaban J connectivity index is 1.66. The van der Waals surface area contributed by atoms with Gasteiger partial charge in [-0.3, -0.25) is 9.78 Å². The summed E-state index contributed by atoms with van der Waals surface area (Å²) in [6.45, 7) is 1.05. The number of nitrogens with zero attached hydrogens (tertiary/aromatic N) is 4. The summed E-state index contributed by atoms with van der Waals surface area (Å²) in [6, 6.07) is 10.1. The zero-order valence-electron chi connectivity index (χ0n) is 15.3. The molecule has 1 unspecified atom stereocenters. The maximum Gasteiger partial charge on any atom is 0.242 e.